The normalized spacial score (nSPS) is 22.7. The van der Waals surface area contributed by atoms with Crippen LogP contribution in [-0.2, 0) is 9.53 Å². The molecule has 1 aromatic carbocycles. The lowest BCUT2D eigenvalue weighted by molar-refractivity contribution is -0.274. The van der Waals surface area contributed by atoms with E-state index in [9.17, 15) is 22.8 Å². The highest BCUT2D eigenvalue weighted by Gasteiger charge is 2.41. The van der Waals surface area contributed by atoms with Gasteiger partial charge in [0.15, 0.2) is 0 Å². The summed E-state index contributed by atoms with van der Waals surface area (Å²) in [5.41, 5.74) is 0.504. The third kappa shape index (κ3) is 5.06. The summed E-state index contributed by atoms with van der Waals surface area (Å²) in [5, 5.41) is 2.66. The standard InChI is InChI=1S/C18H22F3N3O4/c1-2-7-22-17(26)27-15-8-13-9-24(16(25)11-23(13)10-15)12-3-5-14(6-4-12)28-18(19,20)21/h3-6,13,15H,2,7-11H2,1H3,(H,22,26). The largest absolute Gasteiger partial charge is 0.573 e. The lowest BCUT2D eigenvalue weighted by Gasteiger charge is -2.36. The van der Waals surface area contributed by atoms with Gasteiger partial charge < -0.3 is 19.7 Å². The number of nitrogens with zero attached hydrogens (tertiary/aromatic N) is 2. The van der Waals surface area contributed by atoms with Crippen molar-refractivity contribution in [2.45, 2.75) is 38.3 Å². The summed E-state index contributed by atoms with van der Waals surface area (Å²) in [5.74, 6) is -0.494. The molecule has 154 valence electrons. The van der Waals surface area contributed by atoms with Gasteiger partial charge in [0.05, 0.1) is 6.54 Å². The lowest BCUT2D eigenvalue weighted by Crippen LogP contribution is -2.53. The smallest absolute Gasteiger partial charge is 0.445 e. The number of alkyl halides is 3. The van der Waals surface area contributed by atoms with E-state index in [1.807, 2.05) is 11.8 Å². The van der Waals surface area contributed by atoms with Crippen LogP contribution in [0.1, 0.15) is 19.8 Å². The molecule has 7 nitrogen and oxygen atoms in total. The highest BCUT2D eigenvalue weighted by molar-refractivity contribution is 5.95. The van der Waals surface area contributed by atoms with Crippen LogP contribution in [0.3, 0.4) is 0 Å². The molecule has 2 aliphatic heterocycles. The number of hydrogen-bond acceptors (Lipinski definition) is 5. The molecule has 0 aliphatic carbocycles. The molecule has 0 bridgehead atoms. The molecule has 2 aliphatic rings. The average Bonchev–Trinajstić information content (AvgIpc) is 2.99. The molecule has 2 saturated heterocycles. The van der Waals surface area contributed by atoms with Gasteiger partial charge in [0, 0.05) is 37.8 Å². The molecule has 28 heavy (non-hydrogen) atoms. The van der Waals surface area contributed by atoms with Gasteiger partial charge in [0.1, 0.15) is 11.9 Å². The number of amides is 2. The summed E-state index contributed by atoms with van der Waals surface area (Å²) < 4.78 is 46.1. The number of fused-ring (bicyclic) bond motifs is 1. The first kappa shape index (κ1) is 20.2. The lowest BCUT2D eigenvalue weighted by atomic mass is 10.1. The third-order valence-corrected chi connectivity index (χ3v) is 4.70. The SMILES string of the molecule is CCCNC(=O)OC1CC2CN(c3ccc(OC(F)(F)F)cc3)C(=O)CN2C1. The summed E-state index contributed by atoms with van der Waals surface area (Å²) >= 11 is 0. The Morgan fingerprint density at radius 3 is 2.61 bits per heavy atom. The minimum Gasteiger partial charge on any atom is -0.445 e. The van der Waals surface area contributed by atoms with Gasteiger partial charge in [0.2, 0.25) is 5.91 Å². The van der Waals surface area contributed by atoms with E-state index in [0.717, 1.165) is 6.42 Å². The van der Waals surface area contributed by atoms with E-state index in [-0.39, 0.29) is 30.3 Å². The molecule has 0 spiro atoms. The maximum atomic E-state index is 12.5. The molecule has 2 unspecified atom stereocenters. The molecule has 2 fully saturated rings. The molecule has 0 saturated carbocycles. The molecule has 3 rings (SSSR count). The highest BCUT2D eigenvalue weighted by atomic mass is 19.4. The summed E-state index contributed by atoms with van der Waals surface area (Å²) in [4.78, 5) is 27.7. The molecular weight excluding hydrogens is 379 g/mol. The Bertz CT molecular complexity index is 711. The molecule has 2 amide bonds. The fraction of sp³-hybridized carbons (Fsp3) is 0.556. The zero-order chi connectivity index (χ0) is 20.3. The zero-order valence-corrected chi connectivity index (χ0v) is 15.4. The molecule has 2 atom stereocenters. The topological polar surface area (TPSA) is 71.1 Å². The number of piperazine rings is 1. The van der Waals surface area contributed by atoms with E-state index in [2.05, 4.69) is 10.1 Å². The van der Waals surface area contributed by atoms with Crippen molar-refractivity contribution in [3.8, 4) is 5.75 Å². The van der Waals surface area contributed by atoms with Gasteiger partial charge in [-0.3, -0.25) is 9.69 Å². The van der Waals surface area contributed by atoms with Gasteiger partial charge in [-0.1, -0.05) is 6.92 Å². The fourth-order valence-electron chi connectivity index (χ4n) is 3.48. The molecular formula is C18H22F3N3O4. The van der Waals surface area contributed by atoms with Crippen molar-refractivity contribution in [2.24, 2.45) is 0 Å². The maximum Gasteiger partial charge on any atom is 0.573 e. The van der Waals surface area contributed by atoms with Gasteiger partial charge in [-0.2, -0.15) is 0 Å². The van der Waals surface area contributed by atoms with Crippen LogP contribution in [0.15, 0.2) is 24.3 Å². The predicted octanol–water partition coefficient (Wildman–Crippen LogP) is 2.51. The first-order valence-corrected chi connectivity index (χ1v) is 9.10. The predicted molar refractivity (Wildman–Crippen MR) is 94.0 cm³/mol. The van der Waals surface area contributed by atoms with E-state index >= 15 is 0 Å². The third-order valence-electron chi connectivity index (χ3n) is 4.70. The van der Waals surface area contributed by atoms with Crippen molar-refractivity contribution in [1.29, 1.82) is 0 Å². The van der Waals surface area contributed by atoms with Crippen LogP contribution in [0.25, 0.3) is 0 Å². The first-order chi connectivity index (χ1) is 13.2. The molecule has 1 N–H and O–H groups in total. The van der Waals surface area contributed by atoms with E-state index in [0.29, 0.717) is 31.7 Å². The van der Waals surface area contributed by atoms with E-state index in [1.165, 1.54) is 29.2 Å². The average molecular weight is 401 g/mol. The highest BCUT2D eigenvalue weighted by Crippen LogP contribution is 2.30. The Morgan fingerprint density at radius 1 is 1.25 bits per heavy atom. The number of ether oxygens (including phenoxy) is 2. The van der Waals surface area contributed by atoms with Crippen molar-refractivity contribution in [3.63, 3.8) is 0 Å². The summed E-state index contributed by atoms with van der Waals surface area (Å²) in [7, 11) is 0. The minimum atomic E-state index is -4.76. The summed E-state index contributed by atoms with van der Waals surface area (Å²) in [6, 6.07) is 5.24. The molecule has 2 heterocycles. The van der Waals surface area contributed by atoms with Crippen molar-refractivity contribution in [1.82, 2.24) is 10.2 Å². The quantitative estimate of drug-likeness (QED) is 0.821. The maximum absolute atomic E-state index is 12.5. The van der Waals surface area contributed by atoms with Gasteiger partial charge in [-0.15, -0.1) is 13.2 Å². The van der Waals surface area contributed by atoms with Crippen LogP contribution in [0.4, 0.5) is 23.7 Å². The number of benzene rings is 1. The van der Waals surface area contributed by atoms with Crippen molar-refractivity contribution >= 4 is 17.7 Å². The Hall–Kier alpha value is -2.49. The van der Waals surface area contributed by atoms with Crippen LogP contribution < -0.4 is 15.0 Å². The van der Waals surface area contributed by atoms with Crippen LogP contribution in [-0.4, -0.2) is 61.6 Å². The van der Waals surface area contributed by atoms with Crippen molar-refractivity contribution < 1.29 is 32.2 Å². The summed E-state index contributed by atoms with van der Waals surface area (Å²) in [6.07, 6.45) is -4.11. The van der Waals surface area contributed by atoms with Gasteiger partial charge in [0.25, 0.3) is 0 Å². The van der Waals surface area contributed by atoms with Gasteiger partial charge >= 0.3 is 12.5 Å². The first-order valence-electron chi connectivity index (χ1n) is 9.10. The Morgan fingerprint density at radius 2 is 1.96 bits per heavy atom. The Kier molecular flexibility index (Phi) is 5.97. The number of alkyl carbamates (subject to hydrolysis) is 1. The van der Waals surface area contributed by atoms with Crippen LogP contribution in [0, 0.1) is 0 Å². The number of hydrogen-bond donors (Lipinski definition) is 1. The van der Waals surface area contributed by atoms with Gasteiger partial charge in [-0.05, 0) is 30.7 Å². The van der Waals surface area contributed by atoms with Gasteiger partial charge in [-0.25, -0.2) is 4.79 Å². The minimum absolute atomic E-state index is 0.0211. The van der Waals surface area contributed by atoms with Crippen LogP contribution in [0.2, 0.25) is 0 Å². The second-order valence-electron chi connectivity index (χ2n) is 6.82. The molecule has 0 aromatic heterocycles. The monoisotopic (exact) mass is 401 g/mol. The number of carbonyl (C=O) groups excluding carboxylic acids is 2. The molecule has 10 heteroatoms. The summed E-state index contributed by atoms with van der Waals surface area (Å²) in [6.45, 7) is 3.52. The van der Waals surface area contributed by atoms with Crippen LogP contribution >= 0.6 is 0 Å². The number of carbonyl (C=O) groups is 2. The molecule has 0 radical (unpaired) electrons. The molecule has 1 aromatic rings. The van der Waals surface area contributed by atoms with E-state index in [4.69, 9.17) is 4.74 Å². The Labute approximate surface area is 160 Å². The zero-order valence-electron chi connectivity index (χ0n) is 15.4. The number of halogens is 3. The van der Waals surface area contributed by atoms with Crippen molar-refractivity contribution in [2.75, 3.05) is 31.1 Å². The Balaban J connectivity index is 1.59. The second-order valence-corrected chi connectivity index (χ2v) is 6.82. The van der Waals surface area contributed by atoms with Crippen molar-refractivity contribution in [3.05, 3.63) is 24.3 Å². The second kappa shape index (κ2) is 8.26. The number of rotatable bonds is 5. The van der Waals surface area contributed by atoms with E-state index < -0.39 is 12.5 Å². The number of anilines is 1. The van der Waals surface area contributed by atoms with Crippen LogP contribution in [0.5, 0.6) is 5.75 Å². The fourth-order valence-corrected chi connectivity index (χ4v) is 3.48. The number of nitrogens with one attached hydrogen (secondary N) is 1. The van der Waals surface area contributed by atoms with E-state index in [1.54, 1.807) is 0 Å².